The Labute approximate surface area is 93.5 Å². The Morgan fingerprint density at radius 2 is 2.67 bits per heavy atom. The Hall–Kier alpha value is -0.490. The van der Waals surface area contributed by atoms with E-state index in [0.717, 1.165) is 18.0 Å². The second-order valence-corrected chi connectivity index (χ2v) is 4.88. The molecule has 0 aromatic carbocycles. The van der Waals surface area contributed by atoms with Crippen molar-refractivity contribution in [1.29, 1.82) is 0 Å². The number of thiazole rings is 1. The molecule has 1 aliphatic rings. The van der Waals surface area contributed by atoms with Crippen molar-refractivity contribution in [1.82, 2.24) is 9.88 Å². The normalized spacial score (nSPS) is 25.3. The number of morpholine rings is 1. The Kier molecular flexibility index (Phi) is 3.69. The molecule has 0 radical (unpaired) electrons. The van der Waals surface area contributed by atoms with Gasteiger partial charge in [0.1, 0.15) is 0 Å². The van der Waals surface area contributed by atoms with Gasteiger partial charge in [0, 0.05) is 30.6 Å². The van der Waals surface area contributed by atoms with Crippen molar-refractivity contribution in [3.8, 4) is 0 Å². The first kappa shape index (κ1) is 11.0. The fraction of sp³-hybridized carbons (Fsp3) is 0.700. The Morgan fingerprint density at radius 3 is 3.33 bits per heavy atom. The van der Waals surface area contributed by atoms with Crippen molar-refractivity contribution in [3.05, 3.63) is 16.6 Å². The Morgan fingerprint density at radius 1 is 1.80 bits per heavy atom. The van der Waals surface area contributed by atoms with Crippen LogP contribution in [-0.4, -0.2) is 53.9 Å². The monoisotopic (exact) mass is 228 g/mol. The summed E-state index contributed by atoms with van der Waals surface area (Å²) < 4.78 is 5.55. The van der Waals surface area contributed by atoms with Crippen LogP contribution in [0.3, 0.4) is 0 Å². The van der Waals surface area contributed by atoms with E-state index >= 15 is 0 Å². The van der Waals surface area contributed by atoms with Gasteiger partial charge in [-0.2, -0.15) is 0 Å². The van der Waals surface area contributed by atoms with Gasteiger partial charge in [-0.1, -0.05) is 0 Å². The lowest BCUT2D eigenvalue weighted by Crippen LogP contribution is -2.46. The third kappa shape index (κ3) is 2.98. The molecule has 5 heteroatoms. The minimum atomic E-state index is -0.423. The predicted molar refractivity (Wildman–Crippen MR) is 59.1 cm³/mol. The van der Waals surface area contributed by atoms with E-state index in [1.807, 2.05) is 0 Å². The molecule has 0 amide bonds. The SMILES string of the molecule is CN1CCOC(C(O)Cc2cncs2)C1. The number of hydrogen-bond donors (Lipinski definition) is 1. The van der Waals surface area contributed by atoms with Crippen molar-refractivity contribution in [3.63, 3.8) is 0 Å². The summed E-state index contributed by atoms with van der Waals surface area (Å²) in [6.07, 6.45) is 1.96. The third-order valence-electron chi connectivity index (χ3n) is 2.62. The maximum atomic E-state index is 9.99. The molecule has 2 unspecified atom stereocenters. The first-order chi connectivity index (χ1) is 7.25. The zero-order chi connectivity index (χ0) is 10.7. The molecule has 1 aromatic heterocycles. The first-order valence-corrected chi connectivity index (χ1v) is 5.99. The second-order valence-electron chi connectivity index (χ2n) is 3.91. The second kappa shape index (κ2) is 5.03. The predicted octanol–water partition coefficient (Wildman–Crippen LogP) is 0.377. The van der Waals surface area contributed by atoms with E-state index in [0.29, 0.717) is 13.0 Å². The molecule has 1 fully saturated rings. The molecule has 0 aliphatic carbocycles. The molecule has 1 N–H and O–H groups in total. The maximum absolute atomic E-state index is 9.99. The summed E-state index contributed by atoms with van der Waals surface area (Å²) in [6.45, 7) is 2.46. The van der Waals surface area contributed by atoms with Crippen LogP contribution in [0, 0.1) is 0 Å². The highest BCUT2D eigenvalue weighted by atomic mass is 32.1. The average molecular weight is 228 g/mol. The molecule has 84 valence electrons. The van der Waals surface area contributed by atoms with Gasteiger partial charge >= 0.3 is 0 Å². The van der Waals surface area contributed by atoms with Crippen molar-refractivity contribution in [2.45, 2.75) is 18.6 Å². The van der Waals surface area contributed by atoms with E-state index in [9.17, 15) is 5.11 Å². The fourth-order valence-corrected chi connectivity index (χ4v) is 2.37. The first-order valence-electron chi connectivity index (χ1n) is 5.11. The number of aromatic nitrogens is 1. The molecule has 0 saturated carbocycles. The van der Waals surface area contributed by atoms with Crippen LogP contribution in [-0.2, 0) is 11.2 Å². The van der Waals surface area contributed by atoms with Gasteiger partial charge in [0.25, 0.3) is 0 Å². The molecule has 1 aromatic rings. The highest BCUT2D eigenvalue weighted by molar-refractivity contribution is 7.09. The molecule has 2 atom stereocenters. The van der Waals surface area contributed by atoms with E-state index in [1.165, 1.54) is 0 Å². The number of aliphatic hydroxyl groups is 1. The summed E-state index contributed by atoms with van der Waals surface area (Å²) in [6, 6.07) is 0. The van der Waals surface area contributed by atoms with Gasteiger partial charge in [-0.3, -0.25) is 4.98 Å². The zero-order valence-corrected chi connectivity index (χ0v) is 9.61. The molecular formula is C10H16N2O2S. The van der Waals surface area contributed by atoms with Gasteiger partial charge in [-0.25, -0.2) is 0 Å². The van der Waals surface area contributed by atoms with Gasteiger partial charge in [0.05, 0.1) is 24.3 Å². The standard InChI is InChI=1S/C10H16N2O2S/c1-12-2-3-14-10(6-12)9(13)4-8-5-11-7-15-8/h5,7,9-10,13H,2-4,6H2,1H3. The third-order valence-corrected chi connectivity index (χ3v) is 3.42. The highest BCUT2D eigenvalue weighted by Gasteiger charge is 2.25. The van der Waals surface area contributed by atoms with E-state index in [1.54, 1.807) is 23.0 Å². The van der Waals surface area contributed by atoms with Crippen LogP contribution in [0.5, 0.6) is 0 Å². The lowest BCUT2D eigenvalue weighted by Gasteiger charge is -2.32. The summed E-state index contributed by atoms with van der Waals surface area (Å²) in [5, 5.41) is 9.99. The van der Waals surface area contributed by atoms with Crippen molar-refractivity contribution in [2.75, 3.05) is 26.7 Å². The van der Waals surface area contributed by atoms with Crippen molar-refractivity contribution in [2.24, 2.45) is 0 Å². The summed E-state index contributed by atoms with van der Waals surface area (Å²) in [5.41, 5.74) is 1.79. The van der Waals surface area contributed by atoms with Gasteiger partial charge in [-0.15, -0.1) is 11.3 Å². The Bertz CT molecular complexity index is 292. The number of nitrogens with zero attached hydrogens (tertiary/aromatic N) is 2. The topological polar surface area (TPSA) is 45.6 Å². The summed E-state index contributed by atoms with van der Waals surface area (Å²) in [7, 11) is 2.05. The van der Waals surface area contributed by atoms with Gasteiger partial charge in [0.15, 0.2) is 0 Å². The highest BCUT2D eigenvalue weighted by Crippen LogP contribution is 2.14. The largest absolute Gasteiger partial charge is 0.390 e. The number of ether oxygens (including phenoxy) is 1. The van der Waals surface area contributed by atoms with Crippen molar-refractivity contribution >= 4 is 11.3 Å². The number of hydrogen-bond acceptors (Lipinski definition) is 5. The lowest BCUT2D eigenvalue weighted by atomic mass is 10.1. The van der Waals surface area contributed by atoms with E-state index < -0.39 is 6.10 Å². The van der Waals surface area contributed by atoms with Crippen LogP contribution in [0.2, 0.25) is 0 Å². The van der Waals surface area contributed by atoms with Crippen LogP contribution in [0.1, 0.15) is 4.88 Å². The molecule has 15 heavy (non-hydrogen) atoms. The fourth-order valence-electron chi connectivity index (χ4n) is 1.72. The minimum absolute atomic E-state index is 0.0640. The quantitative estimate of drug-likeness (QED) is 0.812. The molecule has 1 aliphatic heterocycles. The van der Waals surface area contributed by atoms with Crippen LogP contribution in [0.25, 0.3) is 0 Å². The van der Waals surface area contributed by atoms with Crippen LogP contribution in [0.15, 0.2) is 11.7 Å². The van der Waals surface area contributed by atoms with E-state index in [2.05, 4.69) is 16.9 Å². The van der Waals surface area contributed by atoms with Crippen LogP contribution in [0.4, 0.5) is 0 Å². The molecule has 2 heterocycles. The molecule has 0 bridgehead atoms. The van der Waals surface area contributed by atoms with Gasteiger partial charge in [0.2, 0.25) is 0 Å². The maximum Gasteiger partial charge on any atom is 0.0964 e. The molecule has 2 rings (SSSR count). The van der Waals surface area contributed by atoms with Crippen LogP contribution < -0.4 is 0 Å². The van der Waals surface area contributed by atoms with Gasteiger partial charge < -0.3 is 14.7 Å². The number of aliphatic hydroxyl groups excluding tert-OH is 1. The summed E-state index contributed by atoms with van der Waals surface area (Å²) in [5.74, 6) is 0. The molecule has 4 nitrogen and oxygen atoms in total. The van der Waals surface area contributed by atoms with E-state index in [-0.39, 0.29) is 6.10 Å². The van der Waals surface area contributed by atoms with Crippen molar-refractivity contribution < 1.29 is 9.84 Å². The summed E-state index contributed by atoms with van der Waals surface area (Å²) in [4.78, 5) is 7.29. The average Bonchev–Trinajstić information content (AvgIpc) is 2.70. The minimum Gasteiger partial charge on any atom is -0.390 e. The Balaban J connectivity index is 1.87. The lowest BCUT2D eigenvalue weighted by molar-refractivity contribution is -0.0821. The molecule has 1 saturated heterocycles. The van der Waals surface area contributed by atoms with E-state index in [4.69, 9.17) is 4.74 Å². The smallest absolute Gasteiger partial charge is 0.0964 e. The van der Waals surface area contributed by atoms with Gasteiger partial charge in [-0.05, 0) is 7.05 Å². The summed E-state index contributed by atoms with van der Waals surface area (Å²) >= 11 is 1.58. The molecule has 0 spiro atoms. The van der Waals surface area contributed by atoms with Crippen LogP contribution >= 0.6 is 11.3 Å². The number of likely N-dealkylation sites (N-methyl/N-ethyl adjacent to an activating group) is 1. The number of rotatable bonds is 3. The zero-order valence-electron chi connectivity index (χ0n) is 8.80. The molecular weight excluding hydrogens is 212 g/mol.